The monoisotopic (exact) mass is 136 g/mol. The molecule has 1 unspecified atom stereocenters. The van der Waals surface area contributed by atoms with Crippen LogP contribution >= 0.6 is 0 Å². The second-order valence-corrected chi connectivity index (χ2v) is 2.79. The summed E-state index contributed by atoms with van der Waals surface area (Å²) in [5, 5.41) is 0. The number of hydrogen-bond donors (Lipinski definition) is 1. The Kier molecular flexibility index (Phi) is 1.72. The van der Waals surface area contributed by atoms with Gasteiger partial charge in [0, 0.05) is 11.9 Å². The van der Waals surface area contributed by atoms with Gasteiger partial charge >= 0.3 is 0 Å². The summed E-state index contributed by atoms with van der Waals surface area (Å²) in [6.45, 7) is 3.89. The van der Waals surface area contributed by atoms with Crippen LogP contribution in [0.5, 0.6) is 0 Å². The van der Waals surface area contributed by atoms with Crippen molar-refractivity contribution in [3.05, 3.63) is 23.9 Å². The lowest BCUT2D eigenvalue weighted by molar-refractivity contribution is 0.730. The van der Waals surface area contributed by atoms with Crippen molar-refractivity contribution in [2.75, 3.05) is 0 Å². The third kappa shape index (κ3) is 1.81. The van der Waals surface area contributed by atoms with E-state index in [1.807, 2.05) is 32.1 Å². The molecule has 2 nitrogen and oxygen atoms in total. The van der Waals surface area contributed by atoms with Crippen LogP contribution in [0.15, 0.2) is 28.9 Å². The molecule has 0 aromatic heterocycles. The Morgan fingerprint density at radius 3 is 3.00 bits per heavy atom. The maximum Gasteiger partial charge on any atom is 0.0520 e. The number of rotatable bonds is 0. The second-order valence-electron chi connectivity index (χ2n) is 2.79. The molecule has 1 aliphatic heterocycles. The normalized spacial score (nSPS) is 31.7. The fourth-order valence-corrected chi connectivity index (χ4v) is 0.946. The molecular formula is C8H12N2. The van der Waals surface area contributed by atoms with Crippen molar-refractivity contribution in [3.8, 4) is 0 Å². The van der Waals surface area contributed by atoms with E-state index < -0.39 is 0 Å². The predicted octanol–water partition coefficient (Wildman–Crippen LogP) is 1.25. The first-order chi connectivity index (χ1) is 4.60. The maximum absolute atomic E-state index is 5.82. The molecule has 1 rings (SSSR count). The molecule has 0 aromatic carbocycles. The molecule has 0 spiro atoms. The van der Waals surface area contributed by atoms with E-state index in [1.54, 1.807) is 6.21 Å². The number of nitrogens with two attached hydrogens (primary N) is 1. The summed E-state index contributed by atoms with van der Waals surface area (Å²) in [7, 11) is 0. The van der Waals surface area contributed by atoms with Crippen LogP contribution in [-0.4, -0.2) is 11.8 Å². The molecule has 0 aromatic rings. The lowest BCUT2D eigenvalue weighted by Crippen LogP contribution is -2.30. The van der Waals surface area contributed by atoms with E-state index in [2.05, 4.69) is 4.99 Å². The van der Waals surface area contributed by atoms with E-state index in [9.17, 15) is 0 Å². The molecule has 0 radical (unpaired) electrons. The largest absolute Gasteiger partial charge is 0.319 e. The zero-order valence-electron chi connectivity index (χ0n) is 6.33. The van der Waals surface area contributed by atoms with Crippen molar-refractivity contribution in [1.82, 2.24) is 0 Å². The Labute approximate surface area is 61.1 Å². The fourth-order valence-electron chi connectivity index (χ4n) is 0.946. The van der Waals surface area contributed by atoms with Crippen LogP contribution in [0.25, 0.3) is 0 Å². The van der Waals surface area contributed by atoms with Crippen molar-refractivity contribution in [3.63, 3.8) is 0 Å². The summed E-state index contributed by atoms with van der Waals surface area (Å²) in [5.41, 5.74) is 6.46. The van der Waals surface area contributed by atoms with Crippen molar-refractivity contribution in [1.29, 1.82) is 0 Å². The Morgan fingerprint density at radius 1 is 1.60 bits per heavy atom. The van der Waals surface area contributed by atoms with Gasteiger partial charge in [0.1, 0.15) is 0 Å². The van der Waals surface area contributed by atoms with Gasteiger partial charge in [-0.15, -0.1) is 0 Å². The molecule has 0 aliphatic carbocycles. The van der Waals surface area contributed by atoms with E-state index in [0.29, 0.717) is 0 Å². The number of allylic oxidation sites excluding steroid dienone is 2. The summed E-state index contributed by atoms with van der Waals surface area (Å²) < 4.78 is 0. The van der Waals surface area contributed by atoms with Gasteiger partial charge in [0.2, 0.25) is 0 Å². The van der Waals surface area contributed by atoms with Crippen LogP contribution < -0.4 is 5.73 Å². The molecule has 54 valence electrons. The molecule has 0 bridgehead atoms. The summed E-state index contributed by atoms with van der Waals surface area (Å²) in [6.07, 6.45) is 7.48. The van der Waals surface area contributed by atoms with Gasteiger partial charge in [-0.1, -0.05) is 6.08 Å². The Hall–Kier alpha value is -0.890. The summed E-state index contributed by atoms with van der Waals surface area (Å²) in [6, 6.07) is 0. The Bertz CT molecular complexity index is 209. The van der Waals surface area contributed by atoms with E-state index in [1.165, 1.54) is 0 Å². The van der Waals surface area contributed by atoms with E-state index in [-0.39, 0.29) is 5.54 Å². The zero-order chi connectivity index (χ0) is 7.61. The van der Waals surface area contributed by atoms with Crippen molar-refractivity contribution < 1.29 is 0 Å². The molecule has 2 N–H and O–H groups in total. The highest BCUT2D eigenvalue weighted by Crippen LogP contribution is 2.10. The van der Waals surface area contributed by atoms with E-state index in [0.717, 1.165) is 5.70 Å². The lowest BCUT2D eigenvalue weighted by Gasteiger charge is -2.13. The minimum absolute atomic E-state index is 0.333. The van der Waals surface area contributed by atoms with Gasteiger partial charge in [-0.25, -0.2) is 0 Å². The smallest absolute Gasteiger partial charge is 0.0520 e. The van der Waals surface area contributed by atoms with Gasteiger partial charge in [-0.2, -0.15) is 0 Å². The third-order valence-corrected chi connectivity index (χ3v) is 1.34. The molecule has 1 atom stereocenters. The van der Waals surface area contributed by atoms with Crippen LogP contribution in [-0.2, 0) is 0 Å². The minimum atomic E-state index is -0.333. The lowest BCUT2D eigenvalue weighted by atomic mass is 10.0. The quantitative estimate of drug-likeness (QED) is 0.534. The average molecular weight is 136 g/mol. The SMILES string of the molecule is CC1=CC(C)(N)C=CC=N1. The fraction of sp³-hybridized carbons (Fsp3) is 0.375. The standard InChI is InChI=1S/C8H12N2/c1-7-6-8(2,9)4-3-5-10-7/h3-6H,9H2,1-2H3. The van der Waals surface area contributed by atoms with Gasteiger partial charge < -0.3 is 5.73 Å². The summed E-state index contributed by atoms with van der Waals surface area (Å²) >= 11 is 0. The number of nitrogens with zero attached hydrogens (tertiary/aromatic N) is 1. The number of aliphatic imine (C=N–C) groups is 1. The van der Waals surface area contributed by atoms with Crippen molar-refractivity contribution in [2.45, 2.75) is 19.4 Å². The first kappa shape index (κ1) is 7.22. The van der Waals surface area contributed by atoms with Gasteiger partial charge in [-0.05, 0) is 26.0 Å². The van der Waals surface area contributed by atoms with Crippen LogP contribution in [0.4, 0.5) is 0 Å². The highest BCUT2D eigenvalue weighted by Gasteiger charge is 2.10. The van der Waals surface area contributed by atoms with Crippen molar-refractivity contribution >= 4 is 6.21 Å². The Morgan fingerprint density at radius 2 is 2.30 bits per heavy atom. The molecule has 1 heterocycles. The van der Waals surface area contributed by atoms with Crippen LogP contribution in [0.3, 0.4) is 0 Å². The van der Waals surface area contributed by atoms with Gasteiger partial charge in [-0.3, -0.25) is 4.99 Å². The number of hydrogen-bond acceptors (Lipinski definition) is 2. The summed E-state index contributed by atoms with van der Waals surface area (Å²) in [5.74, 6) is 0. The first-order valence-corrected chi connectivity index (χ1v) is 3.30. The molecule has 0 fully saturated rings. The topological polar surface area (TPSA) is 38.4 Å². The predicted molar refractivity (Wildman–Crippen MR) is 44.0 cm³/mol. The zero-order valence-corrected chi connectivity index (χ0v) is 6.33. The molecule has 0 saturated heterocycles. The molecule has 10 heavy (non-hydrogen) atoms. The van der Waals surface area contributed by atoms with E-state index >= 15 is 0 Å². The molecule has 2 heteroatoms. The van der Waals surface area contributed by atoms with Gasteiger partial charge in [0.05, 0.1) is 5.54 Å². The summed E-state index contributed by atoms with van der Waals surface area (Å²) in [4.78, 5) is 4.09. The van der Waals surface area contributed by atoms with Gasteiger partial charge in [0.15, 0.2) is 0 Å². The minimum Gasteiger partial charge on any atom is -0.319 e. The van der Waals surface area contributed by atoms with Crippen LogP contribution in [0.2, 0.25) is 0 Å². The van der Waals surface area contributed by atoms with Crippen LogP contribution in [0, 0.1) is 0 Å². The average Bonchev–Trinajstić information content (AvgIpc) is 1.90. The molecular weight excluding hydrogens is 124 g/mol. The van der Waals surface area contributed by atoms with Crippen LogP contribution in [0.1, 0.15) is 13.8 Å². The highest BCUT2D eigenvalue weighted by molar-refractivity contribution is 5.73. The Balaban J connectivity index is 2.93. The molecule has 1 aliphatic rings. The van der Waals surface area contributed by atoms with Gasteiger partial charge in [0.25, 0.3) is 0 Å². The third-order valence-electron chi connectivity index (χ3n) is 1.34. The first-order valence-electron chi connectivity index (χ1n) is 3.30. The molecule has 0 saturated carbocycles. The maximum atomic E-state index is 5.82. The highest BCUT2D eigenvalue weighted by atomic mass is 14.8. The van der Waals surface area contributed by atoms with E-state index in [4.69, 9.17) is 5.73 Å². The van der Waals surface area contributed by atoms with Crippen molar-refractivity contribution in [2.24, 2.45) is 10.7 Å². The second kappa shape index (κ2) is 2.39. The molecule has 0 amide bonds.